The summed E-state index contributed by atoms with van der Waals surface area (Å²) in [6.45, 7) is 5.06. The predicted molar refractivity (Wildman–Crippen MR) is 103 cm³/mol. The first-order chi connectivity index (χ1) is 12.7. The average molecular weight is 374 g/mol. The van der Waals surface area contributed by atoms with Crippen LogP contribution in [0.25, 0.3) is 11.1 Å². The maximum atomic E-state index is 10.5. The van der Waals surface area contributed by atoms with Gasteiger partial charge in [0.2, 0.25) is 0 Å². The highest BCUT2D eigenvalue weighted by Gasteiger charge is 2.22. The number of ether oxygens (including phenoxy) is 2. The monoisotopic (exact) mass is 373 g/mol. The summed E-state index contributed by atoms with van der Waals surface area (Å²) in [6, 6.07) is 11.6. The number of hydrogen-bond acceptors (Lipinski definition) is 4. The van der Waals surface area contributed by atoms with E-state index in [1.807, 2.05) is 24.3 Å². The van der Waals surface area contributed by atoms with Crippen LogP contribution in [-0.4, -0.2) is 42.9 Å². The van der Waals surface area contributed by atoms with E-state index in [1.165, 1.54) is 6.42 Å². The first-order valence-corrected chi connectivity index (χ1v) is 9.61. The number of phenolic OH excluding ortho intramolecular Hbond substituents is 1. The maximum absolute atomic E-state index is 10.5. The summed E-state index contributed by atoms with van der Waals surface area (Å²) in [7, 11) is 0. The Morgan fingerprint density at radius 1 is 1.15 bits per heavy atom. The summed E-state index contributed by atoms with van der Waals surface area (Å²) < 4.78 is 11.3. The molecule has 1 unspecified atom stereocenters. The molecular formula is C21H24ClNO3. The number of benzene rings is 2. The van der Waals surface area contributed by atoms with E-state index in [4.69, 9.17) is 21.1 Å². The topological polar surface area (TPSA) is 41.9 Å². The van der Waals surface area contributed by atoms with Crippen molar-refractivity contribution < 1.29 is 14.6 Å². The molecule has 4 rings (SSSR count). The van der Waals surface area contributed by atoms with Gasteiger partial charge in [-0.05, 0) is 60.7 Å². The van der Waals surface area contributed by atoms with Crippen LogP contribution in [0.1, 0.15) is 18.4 Å². The fourth-order valence-electron chi connectivity index (χ4n) is 3.75. The molecule has 0 spiro atoms. The normalized spacial score (nSPS) is 20.4. The van der Waals surface area contributed by atoms with E-state index < -0.39 is 0 Å². The van der Waals surface area contributed by atoms with Crippen molar-refractivity contribution in [2.24, 2.45) is 5.92 Å². The minimum atomic E-state index is 0.198. The summed E-state index contributed by atoms with van der Waals surface area (Å²) in [5.74, 6) is 1.48. The van der Waals surface area contributed by atoms with E-state index in [-0.39, 0.29) is 5.75 Å². The Morgan fingerprint density at radius 3 is 2.88 bits per heavy atom. The van der Waals surface area contributed by atoms with E-state index >= 15 is 0 Å². The lowest BCUT2D eigenvalue weighted by atomic mass is 10.0. The van der Waals surface area contributed by atoms with Gasteiger partial charge in [-0.15, -0.1) is 0 Å². The molecule has 2 aromatic carbocycles. The number of aromatic hydroxyl groups is 1. The molecule has 5 heteroatoms. The zero-order valence-corrected chi connectivity index (χ0v) is 15.5. The molecule has 0 bridgehead atoms. The van der Waals surface area contributed by atoms with E-state index in [1.54, 1.807) is 6.07 Å². The lowest BCUT2D eigenvalue weighted by Crippen LogP contribution is -2.28. The minimum Gasteiger partial charge on any atom is -0.504 e. The molecule has 2 aromatic rings. The van der Waals surface area contributed by atoms with Gasteiger partial charge in [-0.3, -0.25) is 4.90 Å². The smallest absolute Gasteiger partial charge is 0.165 e. The summed E-state index contributed by atoms with van der Waals surface area (Å²) in [5.41, 5.74) is 2.98. The van der Waals surface area contributed by atoms with Gasteiger partial charge in [0.25, 0.3) is 0 Å². The summed E-state index contributed by atoms with van der Waals surface area (Å²) in [4.78, 5) is 2.41. The van der Waals surface area contributed by atoms with Crippen LogP contribution >= 0.6 is 11.6 Å². The van der Waals surface area contributed by atoms with Crippen LogP contribution in [0.15, 0.2) is 36.4 Å². The molecule has 1 atom stereocenters. The highest BCUT2D eigenvalue weighted by molar-refractivity contribution is 6.30. The number of fused-ring (bicyclic) bond motifs is 1. The standard InChI is InChI=1S/C21H24ClNO3/c22-19-3-1-2-16(11-19)17-10-18-13-23(6-4-15-5-8-25-14-15)7-9-26-21(18)20(24)12-17/h1-3,10-12,15,24H,4-9,13-14H2. The Bertz CT molecular complexity index is 774. The van der Waals surface area contributed by atoms with Gasteiger partial charge >= 0.3 is 0 Å². The molecule has 0 aliphatic carbocycles. The third kappa shape index (κ3) is 3.98. The minimum absolute atomic E-state index is 0.198. The first kappa shape index (κ1) is 17.7. The molecule has 1 N–H and O–H groups in total. The van der Waals surface area contributed by atoms with Gasteiger partial charge in [-0.25, -0.2) is 0 Å². The Hall–Kier alpha value is -1.75. The summed E-state index contributed by atoms with van der Waals surface area (Å²) >= 11 is 6.12. The number of halogens is 1. The first-order valence-electron chi connectivity index (χ1n) is 9.24. The van der Waals surface area contributed by atoms with Crippen molar-refractivity contribution in [1.29, 1.82) is 0 Å². The Kier molecular flexibility index (Phi) is 5.34. The molecule has 2 aliphatic heterocycles. The zero-order chi connectivity index (χ0) is 17.9. The molecule has 138 valence electrons. The zero-order valence-electron chi connectivity index (χ0n) is 14.8. The second-order valence-corrected chi connectivity index (χ2v) is 7.57. The van der Waals surface area contributed by atoms with Crippen molar-refractivity contribution in [3.05, 3.63) is 47.0 Å². The fourth-order valence-corrected chi connectivity index (χ4v) is 3.95. The van der Waals surface area contributed by atoms with E-state index in [2.05, 4.69) is 11.0 Å². The Labute approximate surface area is 159 Å². The van der Waals surface area contributed by atoms with Gasteiger partial charge in [-0.1, -0.05) is 23.7 Å². The van der Waals surface area contributed by atoms with Crippen LogP contribution in [0.4, 0.5) is 0 Å². The lowest BCUT2D eigenvalue weighted by molar-refractivity contribution is 0.174. The second-order valence-electron chi connectivity index (χ2n) is 7.14. The van der Waals surface area contributed by atoms with Crippen LogP contribution < -0.4 is 4.74 Å². The van der Waals surface area contributed by atoms with E-state index in [9.17, 15) is 5.11 Å². The lowest BCUT2D eigenvalue weighted by Gasteiger charge is -2.21. The van der Waals surface area contributed by atoms with Crippen LogP contribution in [0.5, 0.6) is 11.5 Å². The highest BCUT2D eigenvalue weighted by atomic mass is 35.5. The number of rotatable bonds is 4. The van der Waals surface area contributed by atoms with Gasteiger partial charge in [0.1, 0.15) is 6.61 Å². The fraction of sp³-hybridized carbons (Fsp3) is 0.429. The van der Waals surface area contributed by atoms with Crippen molar-refractivity contribution in [3.8, 4) is 22.6 Å². The largest absolute Gasteiger partial charge is 0.504 e. The molecule has 26 heavy (non-hydrogen) atoms. The second kappa shape index (κ2) is 7.87. The van der Waals surface area contributed by atoms with Crippen molar-refractivity contribution in [1.82, 2.24) is 4.90 Å². The van der Waals surface area contributed by atoms with Crippen molar-refractivity contribution in [2.45, 2.75) is 19.4 Å². The Morgan fingerprint density at radius 2 is 2.08 bits per heavy atom. The van der Waals surface area contributed by atoms with Gasteiger partial charge in [0, 0.05) is 36.9 Å². The van der Waals surface area contributed by atoms with Crippen LogP contribution in [0, 0.1) is 5.92 Å². The van der Waals surface area contributed by atoms with E-state index in [0.29, 0.717) is 23.3 Å². The van der Waals surface area contributed by atoms with E-state index in [0.717, 1.165) is 56.0 Å². The van der Waals surface area contributed by atoms with Crippen LogP contribution in [0.3, 0.4) is 0 Å². The van der Waals surface area contributed by atoms with Crippen LogP contribution in [0.2, 0.25) is 5.02 Å². The molecule has 0 aromatic heterocycles. The molecule has 2 aliphatic rings. The third-order valence-corrected chi connectivity index (χ3v) is 5.46. The predicted octanol–water partition coefficient (Wildman–Crippen LogP) is 4.33. The third-order valence-electron chi connectivity index (χ3n) is 5.23. The molecule has 0 radical (unpaired) electrons. The maximum Gasteiger partial charge on any atom is 0.165 e. The molecule has 0 amide bonds. The highest BCUT2D eigenvalue weighted by Crippen LogP contribution is 2.38. The SMILES string of the molecule is Oc1cc(-c2cccc(Cl)c2)cc2c1OCCN(CCC1CCOC1)C2. The van der Waals surface area contributed by atoms with Crippen molar-refractivity contribution in [3.63, 3.8) is 0 Å². The molecular weight excluding hydrogens is 350 g/mol. The van der Waals surface area contributed by atoms with Crippen LogP contribution in [-0.2, 0) is 11.3 Å². The van der Waals surface area contributed by atoms with Gasteiger partial charge < -0.3 is 14.6 Å². The number of hydrogen-bond donors (Lipinski definition) is 1. The van der Waals surface area contributed by atoms with Crippen molar-refractivity contribution in [2.75, 3.05) is 32.9 Å². The number of nitrogens with zero attached hydrogens (tertiary/aromatic N) is 1. The number of phenols is 1. The van der Waals surface area contributed by atoms with Gasteiger partial charge in [0.05, 0.1) is 0 Å². The molecule has 4 nitrogen and oxygen atoms in total. The summed E-state index contributed by atoms with van der Waals surface area (Å²) in [5, 5.41) is 11.2. The van der Waals surface area contributed by atoms with Gasteiger partial charge in [0.15, 0.2) is 11.5 Å². The Balaban J connectivity index is 1.55. The molecule has 2 heterocycles. The van der Waals surface area contributed by atoms with Gasteiger partial charge in [-0.2, -0.15) is 0 Å². The molecule has 1 saturated heterocycles. The van der Waals surface area contributed by atoms with Crippen molar-refractivity contribution >= 4 is 11.6 Å². The molecule has 1 fully saturated rings. The summed E-state index contributed by atoms with van der Waals surface area (Å²) in [6.07, 6.45) is 2.32. The molecule has 0 saturated carbocycles. The quantitative estimate of drug-likeness (QED) is 0.865. The average Bonchev–Trinajstić information content (AvgIpc) is 3.06.